The van der Waals surface area contributed by atoms with E-state index in [2.05, 4.69) is 0 Å². The fourth-order valence-electron chi connectivity index (χ4n) is 2.76. The first-order chi connectivity index (χ1) is 5.77. The van der Waals surface area contributed by atoms with Crippen LogP contribution in [0.1, 0.15) is 40.0 Å². The first-order valence-corrected chi connectivity index (χ1v) is 4.75. The van der Waals surface area contributed by atoms with Crippen molar-refractivity contribution in [3.63, 3.8) is 0 Å². The smallest absolute Gasteiger partial charge is 0.244 e. The lowest BCUT2D eigenvalue weighted by atomic mass is 9.41. The van der Waals surface area contributed by atoms with Gasteiger partial charge in [0.25, 0.3) is 0 Å². The molecule has 0 unspecified atom stereocenters. The van der Waals surface area contributed by atoms with Crippen LogP contribution in [0.5, 0.6) is 0 Å². The summed E-state index contributed by atoms with van der Waals surface area (Å²) in [5.41, 5.74) is -1.05. The summed E-state index contributed by atoms with van der Waals surface area (Å²) in [7, 11) is 0. The molecule has 0 radical (unpaired) electrons. The molecule has 0 spiro atoms. The van der Waals surface area contributed by atoms with E-state index in [9.17, 15) is 8.78 Å². The van der Waals surface area contributed by atoms with Gasteiger partial charge in [0.2, 0.25) is 6.43 Å². The van der Waals surface area contributed by atoms with Gasteiger partial charge in [-0.2, -0.15) is 0 Å². The topological polar surface area (TPSA) is 9.23 Å². The minimum atomic E-state index is -2.15. The summed E-state index contributed by atoms with van der Waals surface area (Å²) in [6.07, 6.45) is -0.461. The molecule has 3 fully saturated rings. The number of hydrogen-bond acceptors (Lipinski definition) is 1. The van der Waals surface area contributed by atoms with Crippen molar-refractivity contribution in [3.05, 3.63) is 0 Å². The van der Waals surface area contributed by atoms with Crippen molar-refractivity contribution in [1.82, 2.24) is 0 Å². The van der Waals surface area contributed by atoms with Crippen molar-refractivity contribution in [2.24, 2.45) is 5.41 Å². The van der Waals surface area contributed by atoms with E-state index in [1.807, 2.05) is 20.8 Å². The number of rotatable bonds is 2. The summed E-state index contributed by atoms with van der Waals surface area (Å²) in [6.45, 7) is 5.92. The Labute approximate surface area is 77.5 Å². The molecular weight excluding hydrogens is 174 g/mol. The van der Waals surface area contributed by atoms with Crippen LogP contribution in [0.3, 0.4) is 0 Å². The van der Waals surface area contributed by atoms with E-state index in [0.717, 1.165) is 0 Å². The molecule has 2 bridgehead atoms. The zero-order valence-electron chi connectivity index (χ0n) is 8.36. The van der Waals surface area contributed by atoms with Crippen LogP contribution < -0.4 is 0 Å². The van der Waals surface area contributed by atoms with E-state index >= 15 is 0 Å². The summed E-state index contributed by atoms with van der Waals surface area (Å²) in [6, 6.07) is 0. The van der Waals surface area contributed by atoms with Crippen molar-refractivity contribution < 1.29 is 13.5 Å². The molecule has 0 saturated heterocycles. The maximum atomic E-state index is 12.4. The molecule has 0 amide bonds. The molecule has 0 aliphatic heterocycles. The van der Waals surface area contributed by atoms with Gasteiger partial charge in [0, 0.05) is 5.41 Å². The Bertz CT molecular complexity index is 210. The quantitative estimate of drug-likeness (QED) is 0.650. The third kappa shape index (κ3) is 1.28. The van der Waals surface area contributed by atoms with Gasteiger partial charge in [0.1, 0.15) is 0 Å². The molecule has 3 aliphatic rings. The summed E-state index contributed by atoms with van der Waals surface area (Å²) in [5, 5.41) is 0. The number of halogens is 2. The van der Waals surface area contributed by atoms with Gasteiger partial charge < -0.3 is 4.74 Å². The number of hydrogen-bond donors (Lipinski definition) is 0. The van der Waals surface area contributed by atoms with Crippen LogP contribution in [0.15, 0.2) is 0 Å². The number of alkyl halides is 2. The maximum Gasteiger partial charge on any atom is 0.244 e. The minimum Gasteiger partial charge on any atom is -0.369 e. The molecule has 3 heteroatoms. The third-order valence-corrected chi connectivity index (χ3v) is 3.01. The Morgan fingerprint density at radius 1 is 1.15 bits per heavy atom. The van der Waals surface area contributed by atoms with E-state index in [1.54, 1.807) is 0 Å². The Hall–Kier alpha value is -0.180. The summed E-state index contributed by atoms with van der Waals surface area (Å²) in [5.74, 6) is 0. The van der Waals surface area contributed by atoms with Crippen LogP contribution in [-0.2, 0) is 4.74 Å². The average molecular weight is 190 g/mol. The average Bonchev–Trinajstić information content (AvgIpc) is 1.71. The van der Waals surface area contributed by atoms with Gasteiger partial charge >= 0.3 is 0 Å². The molecule has 1 nitrogen and oxygen atoms in total. The lowest BCUT2D eigenvalue weighted by molar-refractivity contribution is -0.348. The molecule has 0 heterocycles. The first kappa shape index (κ1) is 9.38. The Morgan fingerprint density at radius 3 is 1.92 bits per heavy atom. The van der Waals surface area contributed by atoms with Gasteiger partial charge in [-0.05, 0) is 40.0 Å². The summed E-state index contributed by atoms with van der Waals surface area (Å²) in [4.78, 5) is 0. The molecule has 0 aromatic heterocycles. The molecule has 3 rings (SSSR count). The van der Waals surface area contributed by atoms with Crippen molar-refractivity contribution in [1.29, 1.82) is 0 Å². The van der Waals surface area contributed by atoms with Gasteiger partial charge in [0.05, 0.1) is 11.2 Å². The minimum absolute atomic E-state index is 0.186. The maximum absolute atomic E-state index is 12.4. The largest absolute Gasteiger partial charge is 0.369 e. The second kappa shape index (κ2) is 2.25. The highest BCUT2D eigenvalue weighted by Gasteiger charge is 2.73. The first-order valence-electron chi connectivity index (χ1n) is 4.75. The van der Waals surface area contributed by atoms with Crippen LogP contribution in [0.25, 0.3) is 0 Å². The van der Waals surface area contributed by atoms with Gasteiger partial charge in [-0.25, -0.2) is 8.78 Å². The molecule has 0 N–H and O–H groups in total. The molecular formula is C10H16F2O. The van der Waals surface area contributed by atoms with Crippen molar-refractivity contribution in [2.75, 3.05) is 0 Å². The zero-order chi connectivity index (χ0) is 9.91. The second-order valence-corrected chi connectivity index (χ2v) is 5.59. The highest BCUT2D eigenvalue weighted by Crippen LogP contribution is 2.72. The van der Waals surface area contributed by atoms with Crippen LogP contribution in [0.4, 0.5) is 8.78 Å². The fourth-order valence-corrected chi connectivity index (χ4v) is 2.76. The zero-order valence-corrected chi connectivity index (χ0v) is 8.36. The van der Waals surface area contributed by atoms with E-state index < -0.39 is 11.8 Å². The molecule has 0 aromatic rings. The predicted molar refractivity (Wildman–Crippen MR) is 45.9 cm³/mol. The standard InChI is InChI=1S/C10H16F2O/c1-8(2,3)13-10-4-9(5-10,6-10)7(11)12/h7H,4-6H2,1-3H3. The predicted octanol–water partition coefficient (Wildman–Crippen LogP) is 2.99. The van der Waals surface area contributed by atoms with Crippen molar-refractivity contribution in [2.45, 2.75) is 57.7 Å². The van der Waals surface area contributed by atoms with Gasteiger partial charge in [-0.15, -0.1) is 0 Å². The van der Waals surface area contributed by atoms with Crippen LogP contribution in [-0.4, -0.2) is 17.6 Å². The molecule has 3 aliphatic carbocycles. The SMILES string of the molecule is CC(C)(C)OC12CC(C(F)F)(C1)C2. The molecule has 13 heavy (non-hydrogen) atoms. The number of ether oxygens (including phenoxy) is 1. The van der Waals surface area contributed by atoms with Crippen LogP contribution >= 0.6 is 0 Å². The van der Waals surface area contributed by atoms with E-state index in [1.165, 1.54) is 0 Å². The van der Waals surface area contributed by atoms with E-state index in [0.29, 0.717) is 19.3 Å². The van der Waals surface area contributed by atoms with Crippen LogP contribution in [0.2, 0.25) is 0 Å². The van der Waals surface area contributed by atoms with Crippen molar-refractivity contribution >= 4 is 0 Å². The van der Waals surface area contributed by atoms with E-state index in [4.69, 9.17) is 4.74 Å². The lowest BCUT2D eigenvalue weighted by Gasteiger charge is -2.70. The highest BCUT2D eigenvalue weighted by atomic mass is 19.3. The Balaban J connectivity index is 1.90. The van der Waals surface area contributed by atoms with Gasteiger partial charge in [-0.1, -0.05) is 0 Å². The van der Waals surface area contributed by atoms with E-state index in [-0.39, 0.29) is 11.2 Å². The molecule has 76 valence electrons. The fraction of sp³-hybridized carbons (Fsp3) is 1.00. The molecule has 3 saturated carbocycles. The monoisotopic (exact) mass is 190 g/mol. The highest BCUT2D eigenvalue weighted by molar-refractivity contribution is 5.21. The molecule has 0 aromatic carbocycles. The Morgan fingerprint density at radius 2 is 1.62 bits per heavy atom. The molecule has 0 atom stereocenters. The van der Waals surface area contributed by atoms with Crippen LogP contribution in [0, 0.1) is 5.41 Å². The normalized spacial score (nSPS) is 42.9. The van der Waals surface area contributed by atoms with Gasteiger partial charge in [-0.3, -0.25) is 0 Å². The van der Waals surface area contributed by atoms with Crippen molar-refractivity contribution in [3.8, 4) is 0 Å². The van der Waals surface area contributed by atoms with Gasteiger partial charge in [0.15, 0.2) is 0 Å². The summed E-state index contributed by atoms with van der Waals surface area (Å²) < 4.78 is 30.7. The lowest BCUT2D eigenvalue weighted by Crippen LogP contribution is -2.72. The second-order valence-electron chi connectivity index (χ2n) is 5.59. The Kier molecular flexibility index (Phi) is 1.62. The third-order valence-electron chi connectivity index (χ3n) is 3.01. The summed E-state index contributed by atoms with van der Waals surface area (Å²) >= 11 is 0.